The van der Waals surface area contributed by atoms with Crippen LogP contribution in [0.4, 0.5) is 4.79 Å². The van der Waals surface area contributed by atoms with Crippen LogP contribution in [-0.4, -0.2) is 42.9 Å². The molecule has 4 heteroatoms. The van der Waals surface area contributed by atoms with Gasteiger partial charge >= 0.3 is 6.09 Å². The Hall–Kier alpha value is -0.770. The molecule has 17 heavy (non-hydrogen) atoms. The van der Waals surface area contributed by atoms with Crippen molar-refractivity contribution in [3.63, 3.8) is 0 Å². The van der Waals surface area contributed by atoms with E-state index in [-0.39, 0.29) is 12.1 Å². The molecule has 0 atom stereocenters. The Balaban J connectivity index is 2.43. The molecule has 1 aliphatic rings. The van der Waals surface area contributed by atoms with E-state index in [2.05, 4.69) is 0 Å². The fourth-order valence-electron chi connectivity index (χ4n) is 2.15. The maximum Gasteiger partial charge on any atom is 0.410 e. The fourth-order valence-corrected chi connectivity index (χ4v) is 2.15. The predicted molar refractivity (Wildman–Crippen MR) is 67.1 cm³/mol. The van der Waals surface area contributed by atoms with Crippen molar-refractivity contribution < 1.29 is 14.3 Å². The minimum absolute atomic E-state index is 0.224. The van der Waals surface area contributed by atoms with Crippen LogP contribution in [-0.2, 0) is 9.47 Å². The number of nitrogens with zero attached hydrogens (tertiary/aromatic N) is 1. The highest BCUT2D eigenvalue weighted by Crippen LogP contribution is 2.25. The maximum absolute atomic E-state index is 11.9. The molecule has 0 unspecified atom stereocenters. The molecule has 1 saturated carbocycles. The first-order valence-electron chi connectivity index (χ1n) is 6.32. The van der Waals surface area contributed by atoms with Crippen molar-refractivity contribution in [1.29, 1.82) is 0 Å². The highest BCUT2D eigenvalue weighted by Gasteiger charge is 2.29. The number of hydrogen-bond donors (Lipinski definition) is 0. The van der Waals surface area contributed by atoms with Gasteiger partial charge in [0.05, 0.1) is 6.10 Å². The number of ether oxygens (including phenoxy) is 2. The van der Waals surface area contributed by atoms with E-state index < -0.39 is 5.60 Å². The first-order chi connectivity index (χ1) is 7.83. The van der Waals surface area contributed by atoms with Gasteiger partial charge in [0.15, 0.2) is 0 Å². The Morgan fingerprint density at radius 1 is 1.18 bits per heavy atom. The first kappa shape index (κ1) is 14.3. The van der Waals surface area contributed by atoms with E-state index in [1.807, 2.05) is 27.8 Å². The van der Waals surface area contributed by atoms with Gasteiger partial charge in [-0.1, -0.05) is 0 Å². The molecule has 1 amide bonds. The van der Waals surface area contributed by atoms with Crippen molar-refractivity contribution in [2.45, 2.75) is 64.2 Å². The van der Waals surface area contributed by atoms with Gasteiger partial charge in [0.1, 0.15) is 5.60 Å². The summed E-state index contributed by atoms with van der Waals surface area (Å²) in [6.07, 6.45) is 4.17. The molecular formula is C13H25NO3. The Labute approximate surface area is 104 Å². The second-order valence-electron chi connectivity index (χ2n) is 5.76. The summed E-state index contributed by atoms with van der Waals surface area (Å²) in [5, 5.41) is 0. The molecule has 1 rings (SSSR count). The summed E-state index contributed by atoms with van der Waals surface area (Å²) in [4.78, 5) is 13.6. The summed E-state index contributed by atoms with van der Waals surface area (Å²) >= 11 is 0. The fraction of sp³-hybridized carbons (Fsp3) is 0.923. The lowest BCUT2D eigenvalue weighted by atomic mass is 9.92. The lowest BCUT2D eigenvalue weighted by Gasteiger charge is -2.35. The molecule has 1 aliphatic carbocycles. The maximum atomic E-state index is 11.9. The average molecular weight is 243 g/mol. The Morgan fingerprint density at radius 2 is 1.71 bits per heavy atom. The van der Waals surface area contributed by atoms with Gasteiger partial charge in [-0.2, -0.15) is 0 Å². The molecule has 0 heterocycles. The van der Waals surface area contributed by atoms with E-state index in [4.69, 9.17) is 9.47 Å². The number of amides is 1. The van der Waals surface area contributed by atoms with Crippen molar-refractivity contribution in [1.82, 2.24) is 4.90 Å². The second kappa shape index (κ2) is 5.71. The quantitative estimate of drug-likeness (QED) is 0.748. The van der Waals surface area contributed by atoms with Gasteiger partial charge in [-0.3, -0.25) is 0 Å². The second-order valence-corrected chi connectivity index (χ2v) is 5.76. The molecular weight excluding hydrogens is 218 g/mol. The molecule has 0 aromatic carbocycles. The minimum Gasteiger partial charge on any atom is -0.444 e. The molecule has 100 valence electrons. The molecule has 0 saturated heterocycles. The van der Waals surface area contributed by atoms with E-state index in [0.717, 1.165) is 25.7 Å². The van der Waals surface area contributed by atoms with Crippen LogP contribution >= 0.6 is 0 Å². The highest BCUT2D eigenvalue weighted by atomic mass is 16.6. The van der Waals surface area contributed by atoms with E-state index in [9.17, 15) is 4.79 Å². The molecule has 1 fully saturated rings. The third kappa shape index (κ3) is 4.54. The number of hydrogen-bond acceptors (Lipinski definition) is 3. The topological polar surface area (TPSA) is 38.8 Å². The van der Waals surface area contributed by atoms with Crippen LogP contribution in [0.3, 0.4) is 0 Å². The summed E-state index contributed by atoms with van der Waals surface area (Å²) < 4.78 is 10.7. The normalized spacial score (nSPS) is 25.5. The largest absolute Gasteiger partial charge is 0.444 e. The van der Waals surface area contributed by atoms with E-state index in [1.165, 1.54) is 0 Å². The van der Waals surface area contributed by atoms with Gasteiger partial charge in [0.25, 0.3) is 0 Å². The Morgan fingerprint density at radius 3 is 2.12 bits per heavy atom. The molecule has 0 radical (unpaired) electrons. The summed E-state index contributed by atoms with van der Waals surface area (Å²) in [5.74, 6) is 0. The third-order valence-corrected chi connectivity index (χ3v) is 3.21. The summed E-state index contributed by atoms with van der Waals surface area (Å²) in [6, 6.07) is 0.288. The van der Waals surface area contributed by atoms with Gasteiger partial charge in [-0.05, 0) is 46.5 Å². The van der Waals surface area contributed by atoms with Crippen molar-refractivity contribution in [2.75, 3.05) is 14.2 Å². The summed E-state index contributed by atoms with van der Waals surface area (Å²) in [6.45, 7) is 5.67. The SMILES string of the molecule is CO[C@H]1CC[C@H](N(C)C(=O)OC(C)(C)C)CC1. The predicted octanol–water partition coefficient (Wildman–Crippen LogP) is 2.81. The van der Waals surface area contributed by atoms with E-state index >= 15 is 0 Å². The number of rotatable bonds is 2. The van der Waals surface area contributed by atoms with E-state index in [0.29, 0.717) is 6.10 Å². The third-order valence-electron chi connectivity index (χ3n) is 3.21. The summed E-state index contributed by atoms with van der Waals surface area (Å²) in [5.41, 5.74) is -0.422. The van der Waals surface area contributed by atoms with Crippen LogP contribution in [0, 0.1) is 0 Å². The Kier molecular flexibility index (Phi) is 4.80. The van der Waals surface area contributed by atoms with E-state index in [1.54, 1.807) is 12.0 Å². The van der Waals surface area contributed by atoms with Crippen LogP contribution in [0.2, 0.25) is 0 Å². The zero-order valence-electron chi connectivity index (χ0n) is 11.7. The monoisotopic (exact) mass is 243 g/mol. The van der Waals surface area contributed by atoms with Gasteiger partial charge in [0, 0.05) is 20.2 Å². The molecule has 0 aliphatic heterocycles. The number of methoxy groups -OCH3 is 1. The lowest BCUT2D eigenvalue weighted by molar-refractivity contribution is 0.00670. The van der Waals surface area contributed by atoms with Crippen molar-refractivity contribution >= 4 is 6.09 Å². The first-order valence-corrected chi connectivity index (χ1v) is 6.32. The van der Waals surface area contributed by atoms with Gasteiger partial charge in [-0.15, -0.1) is 0 Å². The van der Waals surface area contributed by atoms with Crippen molar-refractivity contribution in [3.05, 3.63) is 0 Å². The lowest BCUT2D eigenvalue weighted by Crippen LogP contribution is -2.43. The zero-order chi connectivity index (χ0) is 13.1. The Bertz CT molecular complexity index is 252. The molecule has 0 N–H and O–H groups in total. The number of carbonyl (C=O) groups excluding carboxylic acids is 1. The molecule has 0 spiro atoms. The van der Waals surface area contributed by atoms with Crippen LogP contribution in [0.1, 0.15) is 46.5 Å². The molecule has 0 aromatic rings. The van der Waals surface area contributed by atoms with Crippen LogP contribution < -0.4 is 0 Å². The summed E-state index contributed by atoms with van der Waals surface area (Å²) in [7, 11) is 3.58. The van der Waals surface area contributed by atoms with Crippen LogP contribution in [0.15, 0.2) is 0 Å². The van der Waals surface area contributed by atoms with Gasteiger partial charge in [-0.25, -0.2) is 4.79 Å². The minimum atomic E-state index is -0.422. The van der Waals surface area contributed by atoms with Crippen LogP contribution in [0.5, 0.6) is 0 Å². The number of carbonyl (C=O) groups is 1. The van der Waals surface area contributed by atoms with Crippen LogP contribution in [0.25, 0.3) is 0 Å². The van der Waals surface area contributed by atoms with Crippen molar-refractivity contribution in [3.8, 4) is 0 Å². The van der Waals surface area contributed by atoms with Gasteiger partial charge < -0.3 is 14.4 Å². The molecule has 0 aromatic heterocycles. The standard InChI is InChI=1S/C13H25NO3/c1-13(2,3)17-12(15)14(4)10-6-8-11(16-5)9-7-10/h10-11H,6-9H2,1-5H3/t10-,11-. The van der Waals surface area contributed by atoms with Gasteiger partial charge in [0.2, 0.25) is 0 Å². The highest BCUT2D eigenvalue weighted by molar-refractivity contribution is 5.68. The smallest absolute Gasteiger partial charge is 0.410 e. The zero-order valence-corrected chi connectivity index (χ0v) is 11.7. The van der Waals surface area contributed by atoms with Crippen molar-refractivity contribution in [2.24, 2.45) is 0 Å². The average Bonchev–Trinajstić information content (AvgIpc) is 2.26. The molecule has 0 bridgehead atoms. The molecule has 4 nitrogen and oxygen atoms in total.